The van der Waals surface area contributed by atoms with E-state index in [1.807, 2.05) is 6.92 Å². The molecule has 0 amide bonds. The van der Waals surface area contributed by atoms with Gasteiger partial charge in [-0.2, -0.15) is 0 Å². The van der Waals surface area contributed by atoms with Crippen LogP contribution < -0.4 is 5.32 Å². The predicted octanol–water partition coefficient (Wildman–Crippen LogP) is 2.80. The Balaban J connectivity index is 4.13. The smallest absolute Gasteiger partial charge is 0.125 e. The third-order valence-electron chi connectivity index (χ3n) is 1.07. The van der Waals surface area contributed by atoms with Gasteiger partial charge in [-0.15, -0.1) is 0 Å². The fourth-order valence-corrected chi connectivity index (χ4v) is 0.729. The molecule has 0 aromatic carbocycles. The Labute approximate surface area is 76.4 Å². The quantitative estimate of drug-likeness (QED) is 0.522. The van der Waals surface area contributed by atoms with Crippen LogP contribution in [0.1, 0.15) is 13.3 Å². The summed E-state index contributed by atoms with van der Waals surface area (Å²) in [5.41, 5.74) is 0.702. The van der Waals surface area contributed by atoms with Crippen molar-refractivity contribution in [3.05, 3.63) is 23.5 Å². The van der Waals surface area contributed by atoms with Crippen LogP contribution in [0.5, 0.6) is 0 Å². The molecule has 0 aliphatic carbocycles. The summed E-state index contributed by atoms with van der Waals surface area (Å²) < 4.78 is 0. The molecule has 62 valence electrons. The highest BCUT2D eigenvalue weighted by atomic mass is 35.5. The normalized spacial score (nSPS) is 11.0. The van der Waals surface area contributed by atoms with E-state index in [1.54, 1.807) is 6.20 Å². The van der Waals surface area contributed by atoms with Gasteiger partial charge in [0.2, 0.25) is 0 Å². The van der Waals surface area contributed by atoms with Crippen LogP contribution >= 0.6 is 23.2 Å². The first-order valence-electron chi connectivity index (χ1n) is 3.12. The van der Waals surface area contributed by atoms with Crippen molar-refractivity contribution < 1.29 is 0 Å². The van der Waals surface area contributed by atoms with Gasteiger partial charge >= 0.3 is 0 Å². The van der Waals surface area contributed by atoms with Crippen molar-refractivity contribution in [3.8, 4) is 0 Å². The fraction of sp³-hybridized carbons (Fsp3) is 0.286. The van der Waals surface area contributed by atoms with Crippen LogP contribution in [0.3, 0.4) is 0 Å². The number of hydrogen-bond donors (Lipinski definition) is 2. The summed E-state index contributed by atoms with van der Waals surface area (Å²) in [6.45, 7) is 5.32. The summed E-state index contributed by atoms with van der Waals surface area (Å²) in [6, 6.07) is 0. The highest BCUT2D eigenvalue weighted by Gasteiger charge is 1.97. The third-order valence-corrected chi connectivity index (χ3v) is 1.42. The summed E-state index contributed by atoms with van der Waals surface area (Å²) in [4.78, 5) is 0. The topological polar surface area (TPSA) is 35.9 Å². The SMILES string of the molecule is C=C(Cl)NC=C(CC)C(=N)Cl. The van der Waals surface area contributed by atoms with E-state index in [-0.39, 0.29) is 5.17 Å². The van der Waals surface area contributed by atoms with E-state index in [9.17, 15) is 0 Å². The second kappa shape index (κ2) is 5.22. The Hall–Kier alpha value is -0.470. The molecule has 0 unspecified atom stereocenters. The van der Waals surface area contributed by atoms with E-state index >= 15 is 0 Å². The maximum Gasteiger partial charge on any atom is 0.125 e. The van der Waals surface area contributed by atoms with Crippen molar-refractivity contribution in [2.75, 3.05) is 0 Å². The minimum absolute atomic E-state index is 0.0258. The number of allylic oxidation sites excluding steroid dienone is 1. The largest absolute Gasteiger partial charge is 0.353 e. The van der Waals surface area contributed by atoms with Crippen molar-refractivity contribution in [1.29, 1.82) is 5.41 Å². The lowest BCUT2D eigenvalue weighted by atomic mass is 10.2. The minimum atomic E-state index is 0.0258. The zero-order valence-corrected chi connectivity index (χ0v) is 7.76. The first-order chi connectivity index (χ1) is 5.07. The molecule has 0 rings (SSSR count). The zero-order chi connectivity index (χ0) is 8.85. The van der Waals surface area contributed by atoms with Gasteiger partial charge in [-0.05, 0) is 6.42 Å². The van der Waals surface area contributed by atoms with Gasteiger partial charge in [0, 0.05) is 11.8 Å². The standard InChI is InChI=1S/C7H10Cl2N2/c1-3-6(7(9)10)4-11-5(2)8/h4,10-11H,2-3H2,1H3. The van der Waals surface area contributed by atoms with E-state index in [1.165, 1.54) is 0 Å². The van der Waals surface area contributed by atoms with Crippen LogP contribution in [0.4, 0.5) is 0 Å². The third kappa shape index (κ3) is 4.87. The second-order valence-electron chi connectivity index (χ2n) is 1.89. The summed E-state index contributed by atoms with van der Waals surface area (Å²) in [5.74, 6) is 0. The number of hydrogen-bond acceptors (Lipinski definition) is 2. The molecule has 0 aliphatic rings. The van der Waals surface area contributed by atoms with Crippen molar-refractivity contribution in [2.45, 2.75) is 13.3 Å². The van der Waals surface area contributed by atoms with Gasteiger partial charge in [0.1, 0.15) is 5.17 Å². The first kappa shape index (κ1) is 10.5. The van der Waals surface area contributed by atoms with Crippen LogP contribution in [0.2, 0.25) is 0 Å². The van der Waals surface area contributed by atoms with Crippen LogP contribution in [0.25, 0.3) is 0 Å². The van der Waals surface area contributed by atoms with E-state index in [0.717, 1.165) is 0 Å². The summed E-state index contributed by atoms with van der Waals surface area (Å²) in [7, 11) is 0. The number of halogens is 2. The van der Waals surface area contributed by atoms with Crippen LogP contribution in [-0.2, 0) is 0 Å². The molecule has 0 radical (unpaired) electrons. The summed E-state index contributed by atoms with van der Waals surface area (Å²) in [5, 5.41) is 10.1. The fourth-order valence-electron chi connectivity index (χ4n) is 0.486. The highest BCUT2D eigenvalue weighted by Crippen LogP contribution is 2.05. The predicted molar refractivity (Wildman–Crippen MR) is 50.1 cm³/mol. The lowest BCUT2D eigenvalue weighted by molar-refractivity contribution is 1.09. The average molecular weight is 193 g/mol. The molecule has 11 heavy (non-hydrogen) atoms. The molecular formula is C7H10Cl2N2. The van der Waals surface area contributed by atoms with E-state index in [4.69, 9.17) is 28.6 Å². The number of nitrogens with one attached hydrogen (secondary N) is 2. The van der Waals surface area contributed by atoms with Crippen molar-refractivity contribution >= 4 is 28.4 Å². The molecule has 2 nitrogen and oxygen atoms in total. The van der Waals surface area contributed by atoms with Crippen molar-refractivity contribution in [3.63, 3.8) is 0 Å². The van der Waals surface area contributed by atoms with Gasteiger partial charge in [0.15, 0.2) is 0 Å². The molecule has 0 saturated heterocycles. The second-order valence-corrected chi connectivity index (χ2v) is 2.72. The molecule has 0 bridgehead atoms. The minimum Gasteiger partial charge on any atom is -0.353 e. The van der Waals surface area contributed by atoms with E-state index in [2.05, 4.69) is 11.9 Å². The van der Waals surface area contributed by atoms with Gasteiger partial charge in [-0.3, -0.25) is 5.41 Å². The van der Waals surface area contributed by atoms with Gasteiger partial charge in [0.05, 0.1) is 5.16 Å². The zero-order valence-electron chi connectivity index (χ0n) is 6.25. The molecule has 0 aliphatic heterocycles. The molecule has 2 N–H and O–H groups in total. The average Bonchev–Trinajstić information content (AvgIpc) is 1.87. The molecule has 0 aromatic rings. The van der Waals surface area contributed by atoms with Gasteiger partial charge in [0.25, 0.3) is 0 Å². The molecule has 0 saturated carbocycles. The van der Waals surface area contributed by atoms with Crippen molar-refractivity contribution in [2.24, 2.45) is 0 Å². The van der Waals surface area contributed by atoms with E-state index in [0.29, 0.717) is 17.2 Å². The molecular weight excluding hydrogens is 183 g/mol. The molecule has 0 heterocycles. The summed E-state index contributed by atoms with van der Waals surface area (Å²) >= 11 is 10.8. The monoisotopic (exact) mass is 192 g/mol. The molecule has 0 spiro atoms. The van der Waals surface area contributed by atoms with Crippen LogP contribution in [-0.4, -0.2) is 5.17 Å². The maximum absolute atomic E-state index is 7.08. The lowest BCUT2D eigenvalue weighted by Gasteiger charge is -2.00. The Kier molecular flexibility index (Phi) is 4.99. The van der Waals surface area contributed by atoms with E-state index < -0.39 is 0 Å². The first-order valence-corrected chi connectivity index (χ1v) is 3.88. The molecule has 0 atom stereocenters. The van der Waals surface area contributed by atoms with Gasteiger partial charge in [-0.1, -0.05) is 36.7 Å². The maximum atomic E-state index is 7.08. The Morgan fingerprint density at radius 2 is 2.18 bits per heavy atom. The Morgan fingerprint density at radius 1 is 1.64 bits per heavy atom. The molecule has 4 heteroatoms. The van der Waals surface area contributed by atoms with Gasteiger partial charge in [-0.25, -0.2) is 0 Å². The van der Waals surface area contributed by atoms with Crippen LogP contribution in [0, 0.1) is 5.41 Å². The molecule has 0 aromatic heterocycles. The molecule has 0 fully saturated rings. The highest BCUT2D eigenvalue weighted by molar-refractivity contribution is 6.68. The summed E-state index contributed by atoms with van der Waals surface area (Å²) in [6.07, 6.45) is 2.27. The van der Waals surface area contributed by atoms with Crippen LogP contribution in [0.15, 0.2) is 23.5 Å². The lowest BCUT2D eigenvalue weighted by Crippen LogP contribution is -2.02. The number of rotatable bonds is 4. The Morgan fingerprint density at radius 3 is 2.45 bits per heavy atom. The Bertz CT molecular complexity index is 197. The van der Waals surface area contributed by atoms with Crippen molar-refractivity contribution in [1.82, 2.24) is 5.32 Å². The van der Waals surface area contributed by atoms with Gasteiger partial charge < -0.3 is 5.32 Å².